The van der Waals surface area contributed by atoms with E-state index in [1.165, 1.54) is 77.0 Å². The molecule has 0 aliphatic carbocycles. The molecule has 1 rings (SSSR count). The topological polar surface area (TPSA) is 26.3 Å². The van der Waals surface area contributed by atoms with Crippen molar-refractivity contribution in [3.8, 4) is 0 Å². The second kappa shape index (κ2) is 18.0. The molecule has 1 aliphatic rings. The maximum atomic E-state index is 12.2. The van der Waals surface area contributed by atoms with Crippen LogP contribution < -0.4 is 0 Å². The highest BCUT2D eigenvalue weighted by atomic mass is 16.5. The van der Waals surface area contributed by atoms with Crippen LogP contribution in [-0.2, 0) is 9.53 Å². The lowest BCUT2D eigenvalue weighted by Crippen LogP contribution is -2.24. The van der Waals surface area contributed by atoms with Crippen molar-refractivity contribution in [3.05, 3.63) is 12.2 Å². The van der Waals surface area contributed by atoms with Crippen molar-refractivity contribution in [2.45, 2.75) is 137 Å². The van der Waals surface area contributed by atoms with Crippen molar-refractivity contribution in [2.24, 2.45) is 17.8 Å². The first-order valence-corrected chi connectivity index (χ1v) is 13.3. The molecule has 4 unspecified atom stereocenters. The average molecular weight is 421 g/mol. The quantitative estimate of drug-likeness (QED) is 0.154. The second-order valence-corrected chi connectivity index (χ2v) is 10.0. The first-order valence-electron chi connectivity index (χ1n) is 13.3. The lowest BCUT2D eigenvalue weighted by Gasteiger charge is -2.23. The number of carbonyl (C=O) groups is 1. The number of hydrogen-bond donors (Lipinski definition) is 0. The van der Waals surface area contributed by atoms with Crippen LogP contribution in [0.25, 0.3) is 0 Å². The number of allylic oxidation sites excluding steroid dienone is 2. The van der Waals surface area contributed by atoms with E-state index in [0.29, 0.717) is 29.6 Å². The van der Waals surface area contributed by atoms with Gasteiger partial charge in [0.15, 0.2) is 0 Å². The molecule has 1 aliphatic heterocycles. The van der Waals surface area contributed by atoms with Crippen LogP contribution in [0.3, 0.4) is 0 Å². The number of ether oxygens (including phenoxy) is 1. The summed E-state index contributed by atoms with van der Waals surface area (Å²) in [6.07, 6.45) is 24.6. The number of unbranched alkanes of at least 4 members (excludes halogenated alkanes) is 11. The summed E-state index contributed by atoms with van der Waals surface area (Å²) in [6, 6.07) is 0. The Labute approximate surface area is 188 Å². The number of hydrogen-bond acceptors (Lipinski definition) is 2. The van der Waals surface area contributed by atoms with Gasteiger partial charge >= 0.3 is 0 Å². The molecule has 0 aromatic rings. The van der Waals surface area contributed by atoms with E-state index in [-0.39, 0.29) is 0 Å². The average Bonchev–Trinajstić information content (AvgIpc) is 3.07. The van der Waals surface area contributed by atoms with Gasteiger partial charge in [-0.3, -0.25) is 4.79 Å². The first kappa shape index (κ1) is 27.4. The predicted octanol–water partition coefficient (Wildman–Crippen LogP) is 8.68. The van der Waals surface area contributed by atoms with Gasteiger partial charge in [-0.25, -0.2) is 0 Å². The van der Waals surface area contributed by atoms with Crippen LogP contribution in [0, 0.1) is 17.8 Å². The van der Waals surface area contributed by atoms with E-state index in [2.05, 4.69) is 39.8 Å². The van der Waals surface area contributed by atoms with E-state index in [9.17, 15) is 4.79 Å². The third-order valence-electron chi connectivity index (χ3n) is 7.12. The molecule has 2 heteroatoms. The van der Waals surface area contributed by atoms with Crippen molar-refractivity contribution in [3.63, 3.8) is 0 Å². The molecule has 30 heavy (non-hydrogen) atoms. The van der Waals surface area contributed by atoms with Crippen molar-refractivity contribution in [1.29, 1.82) is 0 Å². The molecule has 176 valence electrons. The molecule has 0 aromatic carbocycles. The molecule has 4 atom stereocenters. The highest BCUT2D eigenvalue weighted by molar-refractivity contribution is 5.78. The minimum absolute atomic E-state index is 0.354. The molecule has 1 saturated heterocycles. The molecule has 1 fully saturated rings. The van der Waals surface area contributed by atoms with Crippen LogP contribution in [0.1, 0.15) is 130 Å². The van der Waals surface area contributed by atoms with Gasteiger partial charge < -0.3 is 4.74 Å². The van der Waals surface area contributed by atoms with Crippen LogP contribution in [0.5, 0.6) is 0 Å². The minimum atomic E-state index is 0.354. The molecular weight excluding hydrogens is 368 g/mol. The highest BCUT2D eigenvalue weighted by Crippen LogP contribution is 2.32. The number of ketones is 1. The van der Waals surface area contributed by atoms with Gasteiger partial charge in [0.1, 0.15) is 5.78 Å². The standard InChI is InChI=1S/C28H52O2/c1-5-6-7-8-9-10-11-12-13-14-15-16-17-18-19-20-27(29)22-21-24(2)28-26(4)25(3)23-30-28/h12-13,24-26,28H,5-11,14-23H2,1-4H3/b13-12+. The van der Waals surface area contributed by atoms with E-state index < -0.39 is 0 Å². The zero-order chi connectivity index (χ0) is 22.0. The summed E-state index contributed by atoms with van der Waals surface area (Å²) in [5.41, 5.74) is 0. The van der Waals surface area contributed by atoms with E-state index in [1.54, 1.807) is 0 Å². The molecule has 0 amide bonds. The number of Topliss-reactive ketones (excluding diaryl/α,β-unsaturated/α-hetero) is 1. The zero-order valence-electron chi connectivity index (χ0n) is 20.8. The number of rotatable bonds is 19. The van der Waals surface area contributed by atoms with Gasteiger partial charge in [0.25, 0.3) is 0 Å². The fourth-order valence-electron chi connectivity index (χ4n) is 4.64. The van der Waals surface area contributed by atoms with Crippen LogP contribution in [-0.4, -0.2) is 18.5 Å². The van der Waals surface area contributed by atoms with Gasteiger partial charge in [0, 0.05) is 19.4 Å². The van der Waals surface area contributed by atoms with Crippen molar-refractivity contribution < 1.29 is 9.53 Å². The SMILES string of the molecule is CCCCCCCC/C=C/CCCCCCCC(=O)CCC(C)C1OCC(C)C1C. The lowest BCUT2D eigenvalue weighted by molar-refractivity contribution is -0.119. The van der Waals surface area contributed by atoms with E-state index >= 15 is 0 Å². The monoisotopic (exact) mass is 420 g/mol. The molecule has 0 spiro atoms. The van der Waals surface area contributed by atoms with Crippen LogP contribution >= 0.6 is 0 Å². The summed E-state index contributed by atoms with van der Waals surface area (Å²) >= 11 is 0. The summed E-state index contributed by atoms with van der Waals surface area (Å²) in [6.45, 7) is 9.99. The minimum Gasteiger partial charge on any atom is -0.377 e. The molecule has 1 heterocycles. The molecule has 0 saturated carbocycles. The Morgan fingerprint density at radius 1 is 0.867 bits per heavy atom. The summed E-state index contributed by atoms with van der Waals surface area (Å²) in [5, 5.41) is 0. The van der Waals surface area contributed by atoms with E-state index in [1.807, 2.05) is 0 Å². The van der Waals surface area contributed by atoms with Gasteiger partial charge in [-0.1, -0.05) is 91.2 Å². The van der Waals surface area contributed by atoms with Gasteiger partial charge in [0.2, 0.25) is 0 Å². The van der Waals surface area contributed by atoms with Gasteiger partial charge in [-0.2, -0.15) is 0 Å². The summed E-state index contributed by atoms with van der Waals surface area (Å²) < 4.78 is 5.95. The molecule has 0 radical (unpaired) electrons. The normalized spacial score (nSPS) is 22.7. The van der Waals surface area contributed by atoms with E-state index in [0.717, 1.165) is 32.3 Å². The maximum Gasteiger partial charge on any atom is 0.132 e. The Morgan fingerprint density at radius 3 is 2.00 bits per heavy atom. The van der Waals surface area contributed by atoms with Crippen LogP contribution in [0.2, 0.25) is 0 Å². The zero-order valence-corrected chi connectivity index (χ0v) is 20.8. The predicted molar refractivity (Wildman–Crippen MR) is 131 cm³/mol. The smallest absolute Gasteiger partial charge is 0.132 e. The fraction of sp³-hybridized carbons (Fsp3) is 0.893. The lowest BCUT2D eigenvalue weighted by atomic mass is 9.85. The van der Waals surface area contributed by atoms with E-state index in [4.69, 9.17) is 4.74 Å². The molecule has 2 nitrogen and oxygen atoms in total. The Balaban J connectivity index is 1.87. The largest absolute Gasteiger partial charge is 0.377 e. The maximum absolute atomic E-state index is 12.2. The Bertz CT molecular complexity index is 442. The Hall–Kier alpha value is -0.630. The van der Waals surface area contributed by atoms with Crippen molar-refractivity contribution in [2.75, 3.05) is 6.61 Å². The molecule has 0 aromatic heterocycles. The highest BCUT2D eigenvalue weighted by Gasteiger charge is 2.34. The first-order chi connectivity index (χ1) is 14.6. The van der Waals surface area contributed by atoms with Crippen molar-refractivity contribution in [1.82, 2.24) is 0 Å². The Kier molecular flexibility index (Phi) is 16.4. The van der Waals surface area contributed by atoms with Crippen LogP contribution in [0.4, 0.5) is 0 Å². The third kappa shape index (κ3) is 12.9. The van der Waals surface area contributed by atoms with Gasteiger partial charge in [0.05, 0.1) is 6.10 Å². The Morgan fingerprint density at radius 2 is 1.43 bits per heavy atom. The number of carbonyl (C=O) groups excluding carboxylic acids is 1. The molecule has 0 bridgehead atoms. The second-order valence-electron chi connectivity index (χ2n) is 10.0. The molecular formula is C28H52O2. The third-order valence-corrected chi connectivity index (χ3v) is 7.12. The van der Waals surface area contributed by atoms with Gasteiger partial charge in [-0.15, -0.1) is 0 Å². The molecule has 0 N–H and O–H groups in total. The van der Waals surface area contributed by atoms with Crippen LogP contribution in [0.15, 0.2) is 12.2 Å². The summed E-state index contributed by atoms with van der Waals surface area (Å²) in [4.78, 5) is 12.2. The van der Waals surface area contributed by atoms with Crippen molar-refractivity contribution >= 4 is 5.78 Å². The summed E-state index contributed by atoms with van der Waals surface area (Å²) in [7, 11) is 0. The fourth-order valence-corrected chi connectivity index (χ4v) is 4.64. The van der Waals surface area contributed by atoms with Gasteiger partial charge in [-0.05, 0) is 56.3 Å². The summed E-state index contributed by atoms with van der Waals surface area (Å²) in [5.74, 6) is 2.24.